The molecule has 3 aromatic carbocycles. The molecule has 0 amide bonds. The van der Waals surface area contributed by atoms with Crippen LogP contribution in [0.25, 0.3) is 21.9 Å². The summed E-state index contributed by atoms with van der Waals surface area (Å²) in [5.41, 5.74) is 2.69. The Hall–Kier alpha value is -2.35. The summed E-state index contributed by atoms with van der Waals surface area (Å²) < 4.78 is 15.0. The number of hydrogen-bond acceptors (Lipinski definition) is 1. The van der Waals surface area contributed by atoms with Gasteiger partial charge in [-0.15, -0.1) is 0 Å². The Morgan fingerprint density at radius 1 is 0.833 bits per heavy atom. The molecule has 1 nitrogen and oxygen atoms in total. The van der Waals surface area contributed by atoms with Crippen LogP contribution in [0.2, 0.25) is 0 Å². The second-order valence-corrected chi connectivity index (χ2v) is 9.05. The number of unbranched alkanes of at least 4 members (excludes halogenated alkanes) is 3. The number of phenolic OH excluding ortho intramolecular Hbond substituents is 1. The summed E-state index contributed by atoms with van der Waals surface area (Å²) in [6, 6.07) is 17.0. The molecule has 30 heavy (non-hydrogen) atoms. The van der Waals surface area contributed by atoms with Gasteiger partial charge in [-0.25, -0.2) is 4.39 Å². The zero-order valence-electron chi connectivity index (χ0n) is 18.0. The predicted octanol–water partition coefficient (Wildman–Crippen LogP) is 8.60. The van der Waals surface area contributed by atoms with E-state index < -0.39 is 0 Å². The number of phenols is 1. The molecule has 2 heteroatoms. The van der Waals surface area contributed by atoms with E-state index in [1.54, 1.807) is 18.2 Å². The average molecular weight is 405 g/mol. The van der Waals surface area contributed by atoms with Gasteiger partial charge in [-0.3, -0.25) is 0 Å². The number of halogens is 1. The van der Waals surface area contributed by atoms with Gasteiger partial charge in [0, 0.05) is 5.56 Å². The van der Waals surface area contributed by atoms with Gasteiger partial charge in [-0.05, 0) is 83.7 Å². The SMILES string of the molecule is CCCCCCC1CCC(c2ccc(-c3ccc4cc(O)ccc4c3)c(F)c2)CC1. The van der Waals surface area contributed by atoms with Crippen molar-refractivity contribution < 1.29 is 9.50 Å². The van der Waals surface area contributed by atoms with Crippen LogP contribution in [-0.2, 0) is 0 Å². The molecule has 3 aromatic rings. The van der Waals surface area contributed by atoms with E-state index in [9.17, 15) is 5.11 Å². The van der Waals surface area contributed by atoms with Gasteiger partial charge in [-0.1, -0.05) is 69.4 Å². The molecular formula is C28H33FO. The summed E-state index contributed by atoms with van der Waals surface area (Å²) in [5.74, 6) is 1.49. The van der Waals surface area contributed by atoms with Crippen LogP contribution >= 0.6 is 0 Å². The molecule has 4 rings (SSSR count). The highest BCUT2D eigenvalue weighted by atomic mass is 19.1. The molecule has 0 aromatic heterocycles. The minimum atomic E-state index is -0.132. The van der Waals surface area contributed by atoms with Crippen molar-refractivity contribution in [3.05, 3.63) is 66.0 Å². The summed E-state index contributed by atoms with van der Waals surface area (Å²) >= 11 is 0. The van der Waals surface area contributed by atoms with Gasteiger partial charge in [0.2, 0.25) is 0 Å². The van der Waals surface area contributed by atoms with E-state index in [4.69, 9.17) is 0 Å². The fourth-order valence-corrected chi connectivity index (χ4v) is 5.06. The third kappa shape index (κ3) is 4.86. The topological polar surface area (TPSA) is 20.2 Å². The van der Waals surface area contributed by atoms with Crippen LogP contribution < -0.4 is 0 Å². The fraction of sp³-hybridized carbons (Fsp3) is 0.429. The quantitative estimate of drug-likeness (QED) is 0.391. The first kappa shape index (κ1) is 20.9. The van der Waals surface area contributed by atoms with E-state index in [2.05, 4.69) is 13.0 Å². The Morgan fingerprint density at radius 3 is 2.37 bits per heavy atom. The van der Waals surface area contributed by atoms with Crippen molar-refractivity contribution in [3.63, 3.8) is 0 Å². The Bertz CT molecular complexity index is 985. The third-order valence-electron chi connectivity index (χ3n) is 6.91. The monoisotopic (exact) mass is 404 g/mol. The van der Waals surface area contributed by atoms with Crippen LogP contribution in [-0.4, -0.2) is 5.11 Å². The maximum atomic E-state index is 15.0. The molecule has 1 saturated carbocycles. The van der Waals surface area contributed by atoms with E-state index in [1.807, 2.05) is 30.3 Å². The van der Waals surface area contributed by atoms with Crippen LogP contribution in [0.1, 0.15) is 76.2 Å². The molecule has 0 aliphatic heterocycles. The smallest absolute Gasteiger partial charge is 0.131 e. The minimum absolute atomic E-state index is 0.132. The highest BCUT2D eigenvalue weighted by molar-refractivity contribution is 5.88. The van der Waals surface area contributed by atoms with E-state index in [0.29, 0.717) is 11.5 Å². The lowest BCUT2D eigenvalue weighted by Crippen LogP contribution is -2.13. The maximum Gasteiger partial charge on any atom is 0.131 e. The number of aromatic hydroxyl groups is 1. The molecule has 1 N–H and O–H groups in total. The van der Waals surface area contributed by atoms with E-state index in [1.165, 1.54) is 57.8 Å². The van der Waals surface area contributed by atoms with Crippen molar-refractivity contribution in [2.75, 3.05) is 0 Å². The summed E-state index contributed by atoms with van der Waals surface area (Å²) in [6.45, 7) is 2.27. The zero-order chi connectivity index (χ0) is 20.9. The molecule has 0 spiro atoms. The molecular weight excluding hydrogens is 371 g/mol. The normalized spacial score (nSPS) is 19.3. The van der Waals surface area contributed by atoms with Crippen LogP contribution in [0.5, 0.6) is 5.75 Å². The Kier molecular flexibility index (Phi) is 6.72. The molecule has 1 aliphatic rings. The van der Waals surface area contributed by atoms with Gasteiger partial charge in [0.15, 0.2) is 0 Å². The third-order valence-corrected chi connectivity index (χ3v) is 6.91. The highest BCUT2D eigenvalue weighted by Gasteiger charge is 2.23. The highest BCUT2D eigenvalue weighted by Crippen LogP contribution is 2.39. The summed E-state index contributed by atoms with van der Waals surface area (Å²) in [4.78, 5) is 0. The van der Waals surface area contributed by atoms with Crippen LogP contribution in [0.3, 0.4) is 0 Å². The molecule has 0 bridgehead atoms. The fourth-order valence-electron chi connectivity index (χ4n) is 5.06. The second-order valence-electron chi connectivity index (χ2n) is 9.05. The first-order chi connectivity index (χ1) is 14.6. The van der Waals surface area contributed by atoms with Crippen molar-refractivity contribution in [2.45, 2.75) is 70.6 Å². The Labute approximate surface area is 180 Å². The van der Waals surface area contributed by atoms with E-state index in [-0.39, 0.29) is 11.6 Å². The second kappa shape index (κ2) is 9.64. The average Bonchev–Trinajstić information content (AvgIpc) is 2.77. The number of fused-ring (bicyclic) bond motifs is 1. The summed E-state index contributed by atoms with van der Waals surface area (Å²) in [6.07, 6.45) is 11.7. The number of benzene rings is 3. The Balaban J connectivity index is 1.42. The van der Waals surface area contributed by atoms with Gasteiger partial charge >= 0.3 is 0 Å². The molecule has 0 heterocycles. The van der Waals surface area contributed by atoms with Crippen LogP contribution in [0, 0.1) is 11.7 Å². The van der Waals surface area contributed by atoms with Crippen LogP contribution in [0.15, 0.2) is 54.6 Å². The first-order valence-corrected chi connectivity index (χ1v) is 11.7. The van der Waals surface area contributed by atoms with Crippen molar-refractivity contribution in [3.8, 4) is 16.9 Å². The molecule has 0 radical (unpaired) electrons. The summed E-state index contributed by atoms with van der Waals surface area (Å²) in [5, 5.41) is 11.6. The lowest BCUT2D eigenvalue weighted by atomic mass is 9.77. The first-order valence-electron chi connectivity index (χ1n) is 11.7. The lowest BCUT2D eigenvalue weighted by Gasteiger charge is -2.29. The predicted molar refractivity (Wildman–Crippen MR) is 124 cm³/mol. The van der Waals surface area contributed by atoms with Gasteiger partial charge in [0.1, 0.15) is 11.6 Å². The van der Waals surface area contributed by atoms with Crippen molar-refractivity contribution >= 4 is 10.8 Å². The van der Waals surface area contributed by atoms with Crippen molar-refractivity contribution in [1.29, 1.82) is 0 Å². The van der Waals surface area contributed by atoms with Gasteiger partial charge in [-0.2, -0.15) is 0 Å². The number of hydrogen-bond donors (Lipinski definition) is 1. The van der Waals surface area contributed by atoms with E-state index in [0.717, 1.165) is 27.8 Å². The molecule has 158 valence electrons. The minimum Gasteiger partial charge on any atom is -0.508 e. The van der Waals surface area contributed by atoms with Gasteiger partial charge in [0.25, 0.3) is 0 Å². The molecule has 1 fully saturated rings. The van der Waals surface area contributed by atoms with Crippen molar-refractivity contribution in [1.82, 2.24) is 0 Å². The zero-order valence-corrected chi connectivity index (χ0v) is 18.0. The van der Waals surface area contributed by atoms with Crippen LogP contribution in [0.4, 0.5) is 4.39 Å². The largest absolute Gasteiger partial charge is 0.508 e. The molecule has 1 aliphatic carbocycles. The Morgan fingerprint density at radius 2 is 1.60 bits per heavy atom. The maximum absolute atomic E-state index is 15.0. The van der Waals surface area contributed by atoms with E-state index >= 15 is 4.39 Å². The van der Waals surface area contributed by atoms with Gasteiger partial charge in [0.05, 0.1) is 0 Å². The number of rotatable bonds is 7. The lowest BCUT2D eigenvalue weighted by molar-refractivity contribution is 0.302. The standard InChI is InChI=1S/C28H33FO/c1-2-3-4-5-6-20-7-9-21(10-8-20)24-14-16-27(28(29)19-24)25-12-11-23-18-26(30)15-13-22(23)17-25/h11-21,30H,2-10H2,1H3. The molecule has 0 unspecified atom stereocenters. The van der Waals surface area contributed by atoms with Crippen molar-refractivity contribution in [2.24, 2.45) is 5.92 Å². The molecule has 0 atom stereocenters. The van der Waals surface area contributed by atoms with Gasteiger partial charge < -0.3 is 5.11 Å². The summed E-state index contributed by atoms with van der Waals surface area (Å²) in [7, 11) is 0. The molecule has 0 saturated heterocycles.